The molecule has 17 heavy (non-hydrogen) atoms. The summed E-state index contributed by atoms with van der Waals surface area (Å²) in [4.78, 5) is 4.49. The van der Waals surface area contributed by atoms with Crippen LogP contribution in [0, 0.1) is 0 Å². The summed E-state index contributed by atoms with van der Waals surface area (Å²) in [5.41, 5.74) is 2.35. The summed E-state index contributed by atoms with van der Waals surface area (Å²) in [5, 5.41) is 5.62. The normalized spacial score (nSPS) is 12.8. The molecule has 2 nitrogen and oxygen atoms in total. The highest BCUT2D eigenvalue weighted by molar-refractivity contribution is 7.17. The van der Waals surface area contributed by atoms with Crippen molar-refractivity contribution in [1.29, 1.82) is 0 Å². The number of thiophene rings is 1. The van der Waals surface area contributed by atoms with E-state index in [9.17, 15) is 0 Å². The van der Waals surface area contributed by atoms with Crippen molar-refractivity contribution in [2.45, 2.75) is 25.8 Å². The van der Waals surface area contributed by atoms with E-state index in [1.165, 1.54) is 10.3 Å². The molecule has 90 valence electrons. The van der Waals surface area contributed by atoms with Crippen molar-refractivity contribution in [2.75, 3.05) is 6.54 Å². The van der Waals surface area contributed by atoms with Crippen molar-refractivity contribution in [3.8, 4) is 0 Å². The van der Waals surface area contributed by atoms with Crippen LogP contribution in [-0.2, 0) is 0 Å². The third-order valence-corrected chi connectivity index (χ3v) is 3.62. The van der Waals surface area contributed by atoms with Crippen molar-refractivity contribution in [3.05, 3.63) is 41.9 Å². The lowest BCUT2D eigenvalue weighted by Gasteiger charge is -2.16. The molecule has 2 aromatic rings. The molecule has 0 spiro atoms. The Morgan fingerprint density at radius 1 is 1.59 bits per heavy atom. The highest BCUT2D eigenvalue weighted by Gasteiger charge is 2.10. The van der Waals surface area contributed by atoms with Crippen LogP contribution >= 0.6 is 11.3 Å². The molecule has 1 unspecified atom stereocenters. The lowest BCUT2D eigenvalue weighted by molar-refractivity contribution is 0.536. The number of fused-ring (bicyclic) bond motifs is 1. The number of aromatic nitrogens is 1. The van der Waals surface area contributed by atoms with Crippen molar-refractivity contribution >= 4 is 21.6 Å². The highest BCUT2D eigenvalue weighted by Crippen LogP contribution is 2.24. The molecular weight excluding hydrogens is 228 g/mol. The van der Waals surface area contributed by atoms with Gasteiger partial charge >= 0.3 is 0 Å². The zero-order chi connectivity index (χ0) is 12.1. The van der Waals surface area contributed by atoms with Gasteiger partial charge in [0.05, 0.1) is 10.2 Å². The Hall–Kier alpha value is -1.19. The monoisotopic (exact) mass is 246 g/mol. The highest BCUT2D eigenvalue weighted by atomic mass is 32.1. The molecule has 1 N–H and O–H groups in total. The zero-order valence-corrected chi connectivity index (χ0v) is 11.0. The van der Waals surface area contributed by atoms with Gasteiger partial charge in [0, 0.05) is 12.2 Å². The van der Waals surface area contributed by atoms with Gasteiger partial charge in [-0.3, -0.25) is 4.98 Å². The van der Waals surface area contributed by atoms with Crippen LogP contribution in [0.25, 0.3) is 10.2 Å². The summed E-state index contributed by atoms with van der Waals surface area (Å²) < 4.78 is 1.26. The van der Waals surface area contributed by atoms with E-state index < -0.39 is 0 Å². The first-order chi connectivity index (χ1) is 8.35. The predicted octanol–water partition coefficient (Wildman–Crippen LogP) is 3.91. The largest absolute Gasteiger partial charge is 0.310 e. The average molecular weight is 246 g/mol. The summed E-state index contributed by atoms with van der Waals surface area (Å²) in [6.07, 6.45) is 6.03. The van der Waals surface area contributed by atoms with Crippen LogP contribution in [0.4, 0.5) is 0 Å². The molecule has 0 bridgehead atoms. The van der Waals surface area contributed by atoms with E-state index in [4.69, 9.17) is 0 Å². The average Bonchev–Trinajstić information content (AvgIpc) is 2.81. The van der Waals surface area contributed by atoms with Crippen LogP contribution < -0.4 is 5.32 Å². The third-order valence-electron chi connectivity index (χ3n) is 2.77. The molecule has 3 heteroatoms. The minimum absolute atomic E-state index is 0.339. The lowest BCUT2D eigenvalue weighted by Crippen LogP contribution is -2.21. The molecule has 2 aromatic heterocycles. The number of nitrogens with zero attached hydrogens (tertiary/aromatic N) is 1. The summed E-state index contributed by atoms with van der Waals surface area (Å²) in [6, 6.07) is 4.64. The van der Waals surface area contributed by atoms with E-state index in [1.807, 2.05) is 12.3 Å². The number of hydrogen-bond donors (Lipinski definition) is 1. The van der Waals surface area contributed by atoms with Crippen LogP contribution in [0.5, 0.6) is 0 Å². The van der Waals surface area contributed by atoms with Gasteiger partial charge < -0.3 is 5.32 Å². The van der Waals surface area contributed by atoms with Gasteiger partial charge in [-0.05, 0) is 42.5 Å². The molecule has 0 amide bonds. The first-order valence-electron chi connectivity index (χ1n) is 6.02. The van der Waals surface area contributed by atoms with E-state index in [2.05, 4.69) is 41.3 Å². The van der Waals surface area contributed by atoms with Crippen LogP contribution in [0.15, 0.2) is 36.4 Å². The van der Waals surface area contributed by atoms with Crippen LogP contribution in [0.2, 0.25) is 0 Å². The first-order valence-corrected chi connectivity index (χ1v) is 6.90. The molecule has 0 radical (unpaired) electrons. The summed E-state index contributed by atoms with van der Waals surface area (Å²) >= 11 is 1.74. The van der Waals surface area contributed by atoms with Gasteiger partial charge in [-0.25, -0.2) is 0 Å². The molecule has 0 saturated heterocycles. The van der Waals surface area contributed by atoms with E-state index >= 15 is 0 Å². The molecule has 0 aliphatic rings. The minimum atomic E-state index is 0.339. The maximum absolute atomic E-state index is 4.49. The number of pyridine rings is 1. The van der Waals surface area contributed by atoms with Gasteiger partial charge in [-0.2, -0.15) is 0 Å². The quantitative estimate of drug-likeness (QED) is 0.782. The van der Waals surface area contributed by atoms with E-state index in [0.717, 1.165) is 24.9 Å². The van der Waals surface area contributed by atoms with Gasteiger partial charge in [-0.1, -0.05) is 13.0 Å². The van der Waals surface area contributed by atoms with Crippen molar-refractivity contribution in [3.63, 3.8) is 0 Å². The molecule has 0 aliphatic heterocycles. The van der Waals surface area contributed by atoms with Gasteiger partial charge in [0.1, 0.15) is 0 Å². The van der Waals surface area contributed by atoms with E-state index in [0.29, 0.717) is 6.04 Å². The fourth-order valence-electron chi connectivity index (χ4n) is 1.87. The Balaban J connectivity index is 2.23. The Labute approximate surface area is 106 Å². The van der Waals surface area contributed by atoms with Crippen molar-refractivity contribution < 1.29 is 0 Å². The Morgan fingerprint density at radius 2 is 2.47 bits per heavy atom. The third kappa shape index (κ3) is 2.93. The fourth-order valence-corrected chi connectivity index (χ4v) is 2.66. The second kappa shape index (κ2) is 5.94. The maximum atomic E-state index is 4.49. The van der Waals surface area contributed by atoms with Crippen molar-refractivity contribution in [2.24, 2.45) is 0 Å². The van der Waals surface area contributed by atoms with Gasteiger partial charge in [0.15, 0.2) is 0 Å². The van der Waals surface area contributed by atoms with Crippen LogP contribution in [0.1, 0.15) is 31.4 Å². The zero-order valence-electron chi connectivity index (χ0n) is 10.1. The molecule has 2 heterocycles. The Morgan fingerprint density at radius 3 is 3.24 bits per heavy atom. The van der Waals surface area contributed by atoms with Gasteiger partial charge in [0.25, 0.3) is 0 Å². The second-order valence-electron chi connectivity index (χ2n) is 4.10. The molecule has 0 aromatic carbocycles. The second-order valence-corrected chi connectivity index (χ2v) is 5.05. The van der Waals surface area contributed by atoms with E-state index in [-0.39, 0.29) is 0 Å². The summed E-state index contributed by atoms with van der Waals surface area (Å²) in [5.74, 6) is 0. The molecule has 1 atom stereocenters. The maximum Gasteiger partial charge on any atom is 0.0809 e. The molecule has 0 fully saturated rings. The lowest BCUT2D eigenvalue weighted by atomic mass is 10.1. The van der Waals surface area contributed by atoms with Gasteiger partial charge in [0.2, 0.25) is 0 Å². The molecule has 2 rings (SSSR count). The molecular formula is C14H18N2S. The standard InChI is InChI=1S/C14H18N2S/c1-3-5-12(15-7-4-2)11-9-14-13(16-10-11)6-8-17-14/h3,6,8-10,12,15H,1,4-5,7H2,2H3. The minimum Gasteiger partial charge on any atom is -0.310 e. The summed E-state index contributed by atoms with van der Waals surface area (Å²) in [7, 11) is 0. The number of nitrogens with one attached hydrogen (secondary N) is 1. The van der Waals surface area contributed by atoms with Crippen LogP contribution in [0.3, 0.4) is 0 Å². The van der Waals surface area contributed by atoms with Crippen molar-refractivity contribution in [1.82, 2.24) is 10.3 Å². The topological polar surface area (TPSA) is 24.9 Å². The fraction of sp³-hybridized carbons (Fsp3) is 0.357. The molecule has 0 saturated carbocycles. The molecule has 0 aliphatic carbocycles. The summed E-state index contributed by atoms with van der Waals surface area (Å²) in [6.45, 7) is 7.04. The SMILES string of the molecule is C=CCC(NCCC)c1cnc2ccsc2c1. The Bertz CT molecular complexity index is 490. The number of rotatable bonds is 6. The number of hydrogen-bond acceptors (Lipinski definition) is 3. The first kappa shape index (κ1) is 12.3. The smallest absolute Gasteiger partial charge is 0.0809 e. The van der Waals surface area contributed by atoms with Gasteiger partial charge in [-0.15, -0.1) is 17.9 Å². The predicted molar refractivity (Wildman–Crippen MR) is 75.5 cm³/mol. The Kier molecular flexibility index (Phi) is 4.29. The van der Waals surface area contributed by atoms with E-state index in [1.54, 1.807) is 11.3 Å². The van der Waals surface area contributed by atoms with Crippen LogP contribution in [-0.4, -0.2) is 11.5 Å².